The lowest BCUT2D eigenvalue weighted by Gasteiger charge is -2.26. The standard InChI is InChI=1S/C22H21NO6S3/c1-19(17-18-30(24,25)20-11-5-2-6-12-20)23(31(26,27)21-13-7-3-8-14-21)32(28,29)22-15-9-4-10-16-22/h2-19H,1H3/b18-17+. The molecule has 0 aliphatic carbocycles. The van der Waals surface area contributed by atoms with Gasteiger partial charge in [0.2, 0.25) is 0 Å². The van der Waals surface area contributed by atoms with E-state index >= 15 is 0 Å². The van der Waals surface area contributed by atoms with Gasteiger partial charge in [0.15, 0.2) is 9.84 Å². The van der Waals surface area contributed by atoms with Gasteiger partial charge in [-0.2, -0.15) is 0 Å². The molecule has 0 amide bonds. The topological polar surface area (TPSA) is 106 Å². The van der Waals surface area contributed by atoms with Gasteiger partial charge in [0.25, 0.3) is 20.0 Å². The highest BCUT2D eigenvalue weighted by Crippen LogP contribution is 2.27. The summed E-state index contributed by atoms with van der Waals surface area (Å²) in [6.07, 6.45) is 1.04. The number of rotatable bonds is 8. The SMILES string of the molecule is CC(/C=C/S(=O)(=O)c1ccccc1)N(S(=O)(=O)c1ccccc1)S(=O)(=O)c1ccccc1. The molecule has 0 saturated heterocycles. The maximum atomic E-state index is 13.4. The molecule has 0 spiro atoms. The van der Waals surface area contributed by atoms with Crippen LogP contribution in [0, 0.1) is 0 Å². The molecule has 32 heavy (non-hydrogen) atoms. The summed E-state index contributed by atoms with van der Waals surface area (Å²) >= 11 is 0. The lowest BCUT2D eigenvalue weighted by Crippen LogP contribution is -2.42. The predicted molar refractivity (Wildman–Crippen MR) is 121 cm³/mol. The quantitative estimate of drug-likeness (QED) is 0.478. The molecular formula is C22H21NO6S3. The summed E-state index contributed by atoms with van der Waals surface area (Å²) < 4.78 is 78.9. The molecule has 0 aliphatic heterocycles. The van der Waals surface area contributed by atoms with E-state index in [0.717, 1.165) is 11.5 Å². The van der Waals surface area contributed by atoms with Crippen molar-refractivity contribution in [1.82, 2.24) is 3.71 Å². The number of benzene rings is 3. The Morgan fingerprint density at radius 2 is 0.938 bits per heavy atom. The first-order valence-electron chi connectivity index (χ1n) is 9.45. The summed E-state index contributed by atoms with van der Waals surface area (Å²) in [7, 11) is -13.0. The lowest BCUT2D eigenvalue weighted by atomic mass is 10.4. The zero-order valence-corrected chi connectivity index (χ0v) is 19.5. The summed E-state index contributed by atoms with van der Waals surface area (Å²) in [6.45, 7) is 1.30. The third-order valence-corrected chi connectivity index (χ3v) is 10.5. The fourth-order valence-electron chi connectivity index (χ4n) is 2.94. The number of hydrogen-bond acceptors (Lipinski definition) is 6. The Bertz CT molecular complexity index is 1330. The smallest absolute Gasteiger partial charge is 0.219 e. The molecule has 3 rings (SSSR count). The maximum Gasteiger partial charge on any atom is 0.256 e. The van der Waals surface area contributed by atoms with Crippen molar-refractivity contribution in [3.8, 4) is 0 Å². The van der Waals surface area contributed by atoms with Crippen LogP contribution in [0.2, 0.25) is 0 Å². The van der Waals surface area contributed by atoms with Gasteiger partial charge in [-0.25, -0.2) is 25.3 Å². The molecule has 7 nitrogen and oxygen atoms in total. The van der Waals surface area contributed by atoms with E-state index in [2.05, 4.69) is 0 Å². The first-order chi connectivity index (χ1) is 15.1. The number of sulfonamides is 2. The van der Waals surface area contributed by atoms with Crippen molar-refractivity contribution < 1.29 is 25.3 Å². The molecule has 0 saturated carbocycles. The number of nitrogens with zero attached hydrogens (tertiary/aromatic N) is 1. The second-order valence-corrected chi connectivity index (χ2v) is 12.5. The first-order valence-corrected chi connectivity index (χ1v) is 13.9. The van der Waals surface area contributed by atoms with Crippen molar-refractivity contribution in [3.63, 3.8) is 0 Å². The average Bonchev–Trinajstić information content (AvgIpc) is 2.79. The molecule has 0 radical (unpaired) electrons. The molecule has 3 aromatic rings. The summed E-state index contributed by atoms with van der Waals surface area (Å²) in [5.41, 5.74) is 0. The van der Waals surface area contributed by atoms with E-state index < -0.39 is 35.9 Å². The van der Waals surface area contributed by atoms with Crippen molar-refractivity contribution in [2.45, 2.75) is 27.7 Å². The molecule has 168 valence electrons. The van der Waals surface area contributed by atoms with Gasteiger partial charge in [0.05, 0.1) is 20.7 Å². The van der Waals surface area contributed by atoms with Crippen LogP contribution in [-0.2, 0) is 29.9 Å². The molecule has 0 aliphatic rings. The third kappa shape index (κ3) is 4.99. The predicted octanol–water partition coefficient (Wildman–Crippen LogP) is 3.44. The molecule has 10 heteroatoms. The van der Waals surface area contributed by atoms with Gasteiger partial charge in [0.1, 0.15) is 0 Å². The minimum Gasteiger partial charge on any atom is -0.219 e. The second kappa shape index (κ2) is 9.37. The van der Waals surface area contributed by atoms with Crippen LogP contribution in [0.1, 0.15) is 6.92 Å². The van der Waals surface area contributed by atoms with Gasteiger partial charge < -0.3 is 0 Å². The zero-order chi connectivity index (χ0) is 23.4. The fourth-order valence-corrected chi connectivity index (χ4v) is 8.05. The molecule has 1 atom stereocenters. The average molecular weight is 492 g/mol. The van der Waals surface area contributed by atoms with Crippen molar-refractivity contribution >= 4 is 29.9 Å². The Hall–Kier alpha value is -2.79. The van der Waals surface area contributed by atoms with Crippen molar-refractivity contribution in [2.75, 3.05) is 0 Å². The number of sulfone groups is 1. The van der Waals surface area contributed by atoms with Crippen molar-refractivity contribution in [1.29, 1.82) is 0 Å². The summed E-state index contributed by atoms with van der Waals surface area (Å²) in [5, 5.41) is 0.820. The molecule has 3 aromatic carbocycles. The van der Waals surface area contributed by atoms with Gasteiger partial charge in [0, 0.05) is 5.41 Å². The Balaban J connectivity index is 2.11. The largest absolute Gasteiger partial charge is 0.256 e. The van der Waals surface area contributed by atoms with Crippen molar-refractivity contribution in [2.24, 2.45) is 0 Å². The van der Waals surface area contributed by atoms with Crippen LogP contribution in [0.4, 0.5) is 0 Å². The van der Waals surface area contributed by atoms with E-state index in [1.54, 1.807) is 30.3 Å². The molecular weight excluding hydrogens is 470 g/mol. The van der Waals surface area contributed by atoms with E-state index in [4.69, 9.17) is 0 Å². The van der Waals surface area contributed by atoms with E-state index in [0.29, 0.717) is 3.71 Å². The summed E-state index contributed by atoms with van der Waals surface area (Å²) in [4.78, 5) is -0.455. The van der Waals surface area contributed by atoms with Crippen LogP contribution in [0.15, 0.2) is 117 Å². The summed E-state index contributed by atoms with van der Waals surface area (Å²) in [6, 6.07) is 20.4. The lowest BCUT2D eigenvalue weighted by molar-refractivity contribution is 0.475. The molecule has 0 aromatic heterocycles. The van der Waals surface area contributed by atoms with E-state index in [9.17, 15) is 25.3 Å². The van der Waals surface area contributed by atoms with Gasteiger partial charge in [-0.05, 0) is 43.3 Å². The van der Waals surface area contributed by atoms with Gasteiger partial charge in [-0.15, -0.1) is 0 Å². The van der Waals surface area contributed by atoms with E-state index in [1.807, 2.05) is 0 Å². The number of hydrogen-bond donors (Lipinski definition) is 0. The van der Waals surface area contributed by atoms with Crippen molar-refractivity contribution in [3.05, 3.63) is 102 Å². The second-order valence-electron chi connectivity index (χ2n) is 6.79. The van der Waals surface area contributed by atoms with Crippen LogP contribution in [0.3, 0.4) is 0 Å². The highest BCUT2D eigenvalue weighted by molar-refractivity contribution is 8.04. The minimum atomic E-state index is -4.54. The van der Waals surface area contributed by atoms with Gasteiger partial charge in [-0.1, -0.05) is 64.4 Å². The third-order valence-electron chi connectivity index (χ3n) is 4.50. The van der Waals surface area contributed by atoms with Crippen LogP contribution < -0.4 is 0 Å². The Labute approximate surface area is 188 Å². The molecule has 1 unspecified atom stereocenters. The summed E-state index contributed by atoms with van der Waals surface area (Å²) in [5.74, 6) is 0. The highest BCUT2D eigenvalue weighted by Gasteiger charge is 2.39. The van der Waals surface area contributed by atoms with Crippen LogP contribution in [0.5, 0.6) is 0 Å². The van der Waals surface area contributed by atoms with E-state index in [1.165, 1.54) is 67.6 Å². The van der Waals surface area contributed by atoms with Crippen LogP contribution in [0.25, 0.3) is 0 Å². The molecule has 0 fully saturated rings. The first kappa shape index (κ1) is 23.9. The fraction of sp³-hybridized carbons (Fsp3) is 0.0909. The minimum absolute atomic E-state index is 0.00633. The molecule has 0 bridgehead atoms. The maximum absolute atomic E-state index is 13.4. The van der Waals surface area contributed by atoms with Crippen LogP contribution >= 0.6 is 0 Å². The monoisotopic (exact) mass is 491 g/mol. The Kier molecular flexibility index (Phi) is 6.99. The van der Waals surface area contributed by atoms with Gasteiger partial charge >= 0.3 is 0 Å². The Morgan fingerprint density at radius 3 is 1.31 bits per heavy atom. The zero-order valence-electron chi connectivity index (χ0n) is 17.0. The molecule has 0 heterocycles. The Morgan fingerprint density at radius 1 is 0.594 bits per heavy atom. The van der Waals surface area contributed by atoms with E-state index in [-0.39, 0.29) is 14.7 Å². The normalized spacial score (nSPS) is 13.9. The molecule has 0 N–H and O–H groups in total. The highest BCUT2D eigenvalue weighted by atomic mass is 32.3. The van der Waals surface area contributed by atoms with Crippen LogP contribution in [-0.4, -0.2) is 35.0 Å². The van der Waals surface area contributed by atoms with Gasteiger partial charge in [-0.3, -0.25) is 0 Å².